The standard InChI is InChI=1S/C8H5ClN2O3/c9-8(10-5-12)6-1-3-7(4-2-6)11(13)14/h1-4,8H. The maximum absolute atomic E-state index is 10.3. The van der Waals surface area contributed by atoms with Crippen molar-refractivity contribution in [2.24, 2.45) is 4.99 Å². The summed E-state index contributed by atoms with van der Waals surface area (Å²) in [5.74, 6) is 0. The summed E-state index contributed by atoms with van der Waals surface area (Å²) in [4.78, 5) is 22.9. The third-order valence-electron chi connectivity index (χ3n) is 1.55. The van der Waals surface area contributed by atoms with Crippen LogP contribution < -0.4 is 0 Å². The minimum absolute atomic E-state index is 0.0345. The van der Waals surface area contributed by atoms with Crippen molar-refractivity contribution in [3.8, 4) is 0 Å². The van der Waals surface area contributed by atoms with Gasteiger partial charge in [0.05, 0.1) is 4.92 Å². The number of hydrogen-bond acceptors (Lipinski definition) is 4. The van der Waals surface area contributed by atoms with Crippen LogP contribution in [0.25, 0.3) is 0 Å². The van der Waals surface area contributed by atoms with Crippen molar-refractivity contribution in [1.29, 1.82) is 0 Å². The number of nitro groups is 1. The van der Waals surface area contributed by atoms with Crippen LogP contribution in [0.3, 0.4) is 0 Å². The van der Waals surface area contributed by atoms with E-state index in [0.717, 1.165) is 0 Å². The van der Waals surface area contributed by atoms with E-state index in [1.54, 1.807) is 0 Å². The predicted octanol–water partition coefficient (Wildman–Crippen LogP) is 2.17. The Morgan fingerprint density at radius 2 is 2.00 bits per heavy atom. The number of halogens is 1. The highest BCUT2D eigenvalue weighted by atomic mass is 35.5. The molecule has 0 spiro atoms. The van der Waals surface area contributed by atoms with Crippen molar-refractivity contribution in [3.63, 3.8) is 0 Å². The zero-order valence-corrected chi connectivity index (χ0v) is 7.64. The number of benzene rings is 1. The van der Waals surface area contributed by atoms with Crippen LogP contribution in [0, 0.1) is 10.1 Å². The molecule has 0 fully saturated rings. The zero-order valence-electron chi connectivity index (χ0n) is 6.88. The third kappa shape index (κ3) is 2.39. The number of nitrogens with zero attached hydrogens (tertiary/aromatic N) is 2. The first-order valence-corrected chi connectivity index (χ1v) is 4.04. The number of aliphatic imine (C=N–C) groups is 1. The predicted molar refractivity (Wildman–Crippen MR) is 49.8 cm³/mol. The van der Waals surface area contributed by atoms with E-state index in [2.05, 4.69) is 4.99 Å². The van der Waals surface area contributed by atoms with Crippen LogP contribution in [-0.2, 0) is 4.79 Å². The van der Waals surface area contributed by atoms with Gasteiger partial charge in [0, 0.05) is 12.1 Å². The van der Waals surface area contributed by atoms with Crippen molar-refractivity contribution >= 4 is 23.4 Å². The second-order valence-electron chi connectivity index (χ2n) is 2.40. The number of hydrogen-bond donors (Lipinski definition) is 0. The summed E-state index contributed by atoms with van der Waals surface area (Å²) in [6.07, 6.45) is 1.31. The lowest BCUT2D eigenvalue weighted by atomic mass is 10.2. The topological polar surface area (TPSA) is 72.6 Å². The van der Waals surface area contributed by atoms with Crippen molar-refractivity contribution in [1.82, 2.24) is 0 Å². The highest BCUT2D eigenvalue weighted by molar-refractivity contribution is 6.20. The van der Waals surface area contributed by atoms with Gasteiger partial charge < -0.3 is 0 Å². The molecule has 1 unspecified atom stereocenters. The summed E-state index contributed by atoms with van der Waals surface area (Å²) in [5.41, 5.74) is -0.360. The van der Waals surface area contributed by atoms with E-state index in [4.69, 9.17) is 11.6 Å². The Labute approximate surface area is 84.2 Å². The number of rotatable bonds is 3. The number of non-ortho nitro benzene ring substituents is 1. The molecule has 1 aromatic rings. The van der Waals surface area contributed by atoms with Gasteiger partial charge in [0.25, 0.3) is 5.69 Å². The molecule has 0 radical (unpaired) electrons. The molecule has 0 saturated heterocycles. The van der Waals surface area contributed by atoms with Crippen molar-refractivity contribution in [3.05, 3.63) is 39.9 Å². The van der Waals surface area contributed by atoms with Gasteiger partial charge in [-0.1, -0.05) is 11.6 Å². The number of nitro benzene ring substituents is 1. The van der Waals surface area contributed by atoms with Gasteiger partial charge in [0.15, 0.2) is 5.50 Å². The first-order chi connectivity index (χ1) is 6.65. The molecule has 0 aliphatic rings. The molecular formula is C8H5ClN2O3. The van der Waals surface area contributed by atoms with E-state index in [9.17, 15) is 14.9 Å². The van der Waals surface area contributed by atoms with Crippen LogP contribution in [0.15, 0.2) is 29.3 Å². The smallest absolute Gasteiger partial charge is 0.258 e. The van der Waals surface area contributed by atoms with Crippen LogP contribution in [0.4, 0.5) is 5.69 Å². The van der Waals surface area contributed by atoms with E-state index in [1.165, 1.54) is 30.3 Å². The number of alkyl halides is 1. The molecule has 0 saturated carbocycles. The SMILES string of the molecule is O=C=NC(Cl)c1ccc([N+](=O)[O-])cc1. The van der Waals surface area contributed by atoms with Crippen LogP contribution >= 0.6 is 11.6 Å². The summed E-state index contributed by atoms with van der Waals surface area (Å²) in [7, 11) is 0. The molecule has 14 heavy (non-hydrogen) atoms. The van der Waals surface area contributed by atoms with Gasteiger partial charge in [-0.15, -0.1) is 0 Å². The molecule has 0 aromatic heterocycles. The maximum Gasteiger partial charge on any atom is 0.269 e. The minimum atomic E-state index is -0.840. The van der Waals surface area contributed by atoms with Crippen molar-refractivity contribution in [2.75, 3.05) is 0 Å². The van der Waals surface area contributed by atoms with Crippen molar-refractivity contribution in [2.45, 2.75) is 5.50 Å². The van der Waals surface area contributed by atoms with Crippen LogP contribution in [0.5, 0.6) is 0 Å². The van der Waals surface area contributed by atoms with E-state index in [0.29, 0.717) is 5.56 Å². The fourth-order valence-electron chi connectivity index (χ4n) is 0.876. The number of isocyanates is 1. The Kier molecular flexibility index (Phi) is 3.34. The summed E-state index contributed by atoms with van der Waals surface area (Å²) in [6, 6.07) is 5.48. The summed E-state index contributed by atoms with van der Waals surface area (Å²) in [6.45, 7) is 0. The second kappa shape index (κ2) is 4.50. The Morgan fingerprint density at radius 1 is 1.43 bits per heavy atom. The van der Waals surface area contributed by atoms with Crippen molar-refractivity contribution < 1.29 is 9.72 Å². The molecule has 0 heterocycles. The molecule has 72 valence electrons. The van der Waals surface area contributed by atoms with E-state index >= 15 is 0 Å². The van der Waals surface area contributed by atoms with Gasteiger partial charge in [-0.25, -0.2) is 4.79 Å². The highest BCUT2D eigenvalue weighted by Crippen LogP contribution is 2.23. The molecule has 1 aromatic carbocycles. The molecule has 0 aliphatic carbocycles. The Morgan fingerprint density at radius 3 is 2.43 bits per heavy atom. The maximum atomic E-state index is 10.3. The minimum Gasteiger partial charge on any atom is -0.258 e. The third-order valence-corrected chi connectivity index (χ3v) is 1.89. The first-order valence-electron chi connectivity index (χ1n) is 3.60. The Balaban J connectivity index is 2.93. The molecule has 0 amide bonds. The van der Waals surface area contributed by atoms with Gasteiger partial charge in [-0.05, 0) is 17.7 Å². The van der Waals surface area contributed by atoms with E-state index < -0.39 is 10.4 Å². The molecule has 0 N–H and O–H groups in total. The van der Waals surface area contributed by atoms with Gasteiger partial charge >= 0.3 is 0 Å². The van der Waals surface area contributed by atoms with E-state index in [1.807, 2.05) is 0 Å². The Hall–Kier alpha value is -1.71. The van der Waals surface area contributed by atoms with Gasteiger partial charge in [0.2, 0.25) is 6.08 Å². The van der Waals surface area contributed by atoms with Crippen LogP contribution in [0.1, 0.15) is 11.1 Å². The summed E-state index contributed by atoms with van der Waals surface area (Å²) >= 11 is 5.64. The average Bonchev–Trinajstić information content (AvgIpc) is 2.18. The largest absolute Gasteiger partial charge is 0.269 e. The lowest BCUT2D eigenvalue weighted by Crippen LogP contribution is -1.90. The normalized spacial score (nSPS) is 11.5. The fraction of sp³-hybridized carbons (Fsp3) is 0.125. The van der Waals surface area contributed by atoms with Gasteiger partial charge in [-0.3, -0.25) is 10.1 Å². The van der Waals surface area contributed by atoms with Crippen LogP contribution in [0.2, 0.25) is 0 Å². The van der Waals surface area contributed by atoms with Gasteiger partial charge in [0.1, 0.15) is 0 Å². The highest BCUT2D eigenvalue weighted by Gasteiger charge is 2.08. The first kappa shape index (κ1) is 10.4. The Bertz CT molecular complexity index is 384. The average molecular weight is 213 g/mol. The molecule has 0 aliphatic heterocycles. The lowest BCUT2D eigenvalue weighted by Gasteiger charge is -2.00. The van der Waals surface area contributed by atoms with Crippen LogP contribution in [-0.4, -0.2) is 11.0 Å². The summed E-state index contributed by atoms with van der Waals surface area (Å²) in [5, 5.41) is 10.3. The molecule has 1 atom stereocenters. The monoisotopic (exact) mass is 212 g/mol. The summed E-state index contributed by atoms with van der Waals surface area (Å²) < 4.78 is 0. The molecule has 1 rings (SSSR count). The quantitative estimate of drug-likeness (QED) is 0.192. The fourth-order valence-corrected chi connectivity index (χ4v) is 1.06. The lowest BCUT2D eigenvalue weighted by molar-refractivity contribution is -0.384. The molecular weight excluding hydrogens is 208 g/mol. The molecule has 0 bridgehead atoms. The zero-order chi connectivity index (χ0) is 10.6. The van der Waals surface area contributed by atoms with Gasteiger partial charge in [-0.2, -0.15) is 4.99 Å². The second-order valence-corrected chi connectivity index (χ2v) is 2.82. The molecule has 5 nitrogen and oxygen atoms in total. The van der Waals surface area contributed by atoms with E-state index in [-0.39, 0.29) is 5.69 Å². The number of carbonyl (C=O) groups excluding carboxylic acids is 1. The molecule has 6 heteroatoms.